The number of alkyl halides is 2. The Morgan fingerprint density at radius 1 is 1.50 bits per heavy atom. The molecular formula is C10H8F2O4. The summed E-state index contributed by atoms with van der Waals surface area (Å²) >= 11 is 0. The van der Waals surface area contributed by atoms with Crippen LogP contribution in [0.3, 0.4) is 0 Å². The Bertz CT molecular complexity index is 429. The molecule has 6 heteroatoms. The van der Waals surface area contributed by atoms with Crippen molar-refractivity contribution < 1.29 is 28.2 Å². The Morgan fingerprint density at radius 2 is 2.12 bits per heavy atom. The largest absolute Gasteiger partial charge is 0.478 e. The number of carbonyl (C=O) groups excluding carboxylic acids is 1. The summed E-state index contributed by atoms with van der Waals surface area (Å²) in [7, 11) is 0. The van der Waals surface area contributed by atoms with Crippen LogP contribution in [0.5, 0.6) is 5.75 Å². The van der Waals surface area contributed by atoms with Crippen LogP contribution in [0.25, 0.3) is 0 Å². The Balaban J connectivity index is 3.27. The number of rotatable bonds is 4. The van der Waals surface area contributed by atoms with Gasteiger partial charge in [-0.05, 0) is 24.6 Å². The van der Waals surface area contributed by atoms with E-state index in [4.69, 9.17) is 5.11 Å². The summed E-state index contributed by atoms with van der Waals surface area (Å²) in [5.41, 5.74) is -0.171. The molecule has 0 aliphatic rings. The maximum absolute atomic E-state index is 12.0. The quantitative estimate of drug-likeness (QED) is 0.804. The van der Waals surface area contributed by atoms with Crippen molar-refractivity contribution in [1.29, 1.82) is 0 Å². The minimum atomic E-state index is -3.04. The van der Waals surface area contributed by atoms with Crippen LogP contribution in [0, 0.1) is 6.92 Å². The Labute approximate surface area is 89.5 Å². The zero-order valence-corrected chi connectivity index (χ0v) is 8.24. The molecule has 0 saturated carbocycles. The van der Waals surface area contributed by atoms with E-state index in [1.807, 2.05) is 0 Å². The van der Waals surface area contributed by atoms with Gasteiger partial charge in [-0.3, -0.25) is 4.79 Å². The van der Waals surface area contributed by atoms with E-state index >= 15 is 0 Å². The van der Waals surface area contributed by atoms with Gasteiger partial charge in [-0.15, -0.1) is 0 Å². The van der Waals surface area contributed by atoms with E-state index in [2.05, 4.69) is 4.74 Å². The van der Waals surface area contributed by atoms with Gasteiger partial charge in [0.05, 0.1) is 5.56 Å². The highest BCUT2D eigenvalue weighted by molar-refractivity contribution is 5.97. The number of carbonyl (C=O) groups is 2. The maximum Gasteiger partial charge on any atom is 0.387 e. The van der Waals surface area contributed by atoms with Gasteiger partial charge in [0, 0.05) is 5.56 Å². The summed E-state index contributed by atoms with van der Waals surface area (Å²) in [5.74, 6) is -1.63. The topological polar surface area (TPSA) is 63.6 Å². The lowest BCUT2D eigenvalue weighted by molar-refractivity contribution is -0.0503. The highest BCUT2D eigenvalue weighted by atomic mass is 19.3. The molecule has 0 bridgehead atoms. The van der Waals surface area contributed by atoms with Gasteiger partial charge in [-0.1, -0.05) is 0 Å². The first-order valence-corrected chi connectivity index (χ1v) is 4.23. The van der Waals surface area contributed by atoms with E-state index < -0.39 is 12.6 Å². The van der Waals surface area contributed by atoms with Gasteiger partial charge in [-0.25, -0.2) is 4.79 Å². The van der Waals surface area contributed by atoms with Crippen molar-refractivity contribution in [2.75, 3.05) is 0 Å². The number of carboxylic acid groups (broad SMARTS) is 1. The number of hydrogen-bond acceptors (Lipinski definition) is 3. The minimum Gasteiger partial charge on any atom is -0.478 e. The number of aryl methyl sites for hydroxylation is 1. The molecule has 86 valence electrons. The van der Waals surface area contributed by atoms with Gasteiger partial charge in [-0.2, -0.15) is 8.78 Å². The highest BCUT2D eigenvalue weighted by Crippen LogP contribution is 2.24. The van der Waals surface area contributed by atoms with Crippen molar-refractivity contribution in [2.24, 2.45) is 0 Å². The molecule has 4 nitrogen and oxygen atoms in total. The van der Waals surface area contributed by atoms with Gasteiger partial charge in [0.25, 0.3) is 0 Å². The summed E-state index contributed by atoms with van der Waals surface area (Å²) in [6.07, 6.45) is 0.350. The molecule has 0 atom stereocenters. The average Bonchev–Trinajstić information content (AvgIpc) is 2.19. The van der Waals surface area contributed by atoms with Crippen molar-refractivity contribution in [3.63, 3.8) is 0 Å². The van der Waals surface area contributed by atoms with Crippen LogP contribution in [0.2, 0.25) is 0 Å². The molecule has 0 unspecified atom stereocenters. The van der Waals surface area contributed by atoms with Gasteiger partial charge in [0.2, 0.25) is 0 Å². The van der Waals surface area contributed by atoms with Crippen molar-refractivity contribution in [1.82, 2.24) is 0 Å². The summed E-state index contributed by atoms with van der Waals surface area (Å²) in [6.45, 7) is -1.60. The SMILES string of the molecule is Cc1cc(C=O)c(C(=O)O)cc1OC(F)F. The molecule has 0 radical (unpaired) electrons. The van der Waals surface area contributed by atoms with E-state index in [0.29, 0.717) is 6.29 Å². The smallest absolute Gasteiger partial charge is 0.387 e. The number of halogens is 2. The second-order valence-corrected chi connectivity index (χ2v) is 3.01. The molecule has 16 heavy (non-hydrogen) atoms. The van der Waals surface area contributed by atoms with Crippen LogP contribution in [-0.4, -0.2) is 24.0 Å². The van der Waals surface area contributed by atoms with Crippen LogP contribution < -0.4 is 4.74 Å². The lowest BCUT2D eigenvalue weighted by Gasteiger charge is -2.10. The molecular weight excluding hydrogens is 222 g/mol. The lowest BCUT2D eigenvalue weighted by Crippen LogP contribution is -2.07. The van der Waals surface area contributed by atoms with Crippen LogP contribution in [0.1, 0.15) is 26.3 Å². The average molecular weight is 230 g/mol. The molecule has 0 saturated heterocycles. The highest BCUT2D eigenvalue weighted by Gasteiger charge is 2.15. The molecule has 1 rings (SSSR count). The van der Waals surface area contributed by atoms with Gasteiger partial charge in [0.15, 0.2) is 6.29 Å². The van der Waals surface area contributed by atoms with Gasteiger partial charge >= 0.3 is 12.6 Å². The fraction of sp³-hybridized carbons (Fsp3) is 0.200. The third kappa shape index (κ3) is 2.53. The Kier molecular flexibility index (Phi) is 3.55. The number of aromatic carboxylic acids is 1. The second kappa shape index (κ2) is 4.69. The van der Waals surface area contributed by atoms with Crippen LogP contribution in [-0.2, 0) is 0 Å². The van der Waals surface area contributed by atoms with Crippen LogP contribution in [0.4, 0.5) is 8.78 Å². The summed E-state index contributed by atoms with van der Waals surface area (Å²) in [5, 5.41) is 8.74. The second-order valence-electron chi connectivity index (χ2n) is 3.01. The fourth-order valence-corrected chi connectivity index (χ4v) is 1.22. The van der Waals surface area contributed by atoms with Crippen molar-refractivity contribution in [3.05, 3.63) is 28.8 Å². The molecule has 0 amide bonds. The predicted molar refractivity (Wildman–Crippen MR) is 50.2 cm³/mol. The zero-order valence-electron chi connectivity index (χ0n) is 8.24. The van der Waals surface area contributed by atoms with E-state index in [-0.39, 0.29) is 22.4 Å². The van der Waals surface area contributed by atoms with Gasteiger partial charge < -0.3 is 9.84 Å². The normalized spacial score (nSPS) is 10.2. The maximum atomic E-state index is 12.0. The number of benzene rings is 1. The lowest BCUT2D eigenvalue weighted by atomic mass is 10.0. The van der Waals surface area contributed by atoms with E-state index in [1.165, 1.54) is 13.0 Å². The third-order valence-electron chi connectivity index (χ3n) is 1.92. The van der Waals surface area contributed by atoms with Crippen LogP contribution >= 0.6 is 0 Å². The zero-order chi connectivity index (χ0) is 12.3. The molecule has 1 aromatic rings. The third-order valence-corrected chi connectivity index (χ3v) is 1.92. The van der Waals surface area contributed by atoms with Crippen molar-refractivity contribution >= 4 is 12.3 Å². The standard InChI is InChI=1S/C10H8F2O4/c1-5-2-6(4-13)7(9(14)15)3-8(5)16-10(11)12/h2-4,10H,1H3,(H,14,15). The number of aldehydes is 1. The predicted octanol–water partition coefficient (Wildman–Crippen LogP) is 2.11. The Morgan fingerprint density at radius 3 is 2.56 bits per heavy atom. The molecule has 0 aromatic heterocycles. The van der Waals surface area contributed by atoms with Crippen LogP contribution in [0.15, 0.2) is 12.1 Å². The first kappa shape index (κ1) is 12.1. The minimum absolute atomic E-state index is 0.0772. The molecule has 0 fully saturated rings. The number of hydrogen-bond donors (Lipinski definition) is 1. The molecule has 0 heterocycles. The Hall–Kier alpha value is -1.98. The molecule has 0 aliphatic heterocycles. The summed E-state index contributed by atoms with van der Waals surface area (Å²) < 4.78 is 28.1. The van der Waals surface area contributed by atoms with E-state index in [0.717, 1.165) is 6.07 Å². The molecule has 1 aromatic carbocycles. The summed E-state index contributed by atoms with van der Waals surface area (Å²) in [4.78, 5) is 21.3. The monoisotopic (exact) mass is 230 g/mol. The first-order chi connectivity index (χ1) is 7.45. The molecule has 1 N–H and O–H groups in total. The fourth-order valence-electron chi connectivity index (χ4n) is 1.22. The van der Waals surface area contributed by atoms with E-state index in [9.17, 15) is 18.4 Å². The summed E-state index contributed by atoms with van der Waals surface area (Å²) in [6, 6.07) is 2.10. The van der Waals surface area contributed by atoms with Crippen molar-refractivity contribution in [2.45, 2.75) is 13.5 Å². The number of carboxylic acids is 1. The molecule has 0 spiro atoms. The molecule has 0 aliphatic carbocycles. The van der Waals surface area contributed by atoms with Crippen molar-refractivity contribution in [3.8, 4) is 5.75 Å². The number of ether oxygens (including phenoxy) is 1. The first-order valence-electron chi connectivity index (χ1n) is 4.23. The van der Waals surface area contributed by atoms with E-state index in [1.54, 1.807) is 0 Å². The van der Waals surface area contributed by atoms with Gasteiger partial charge in [0.1, 0.15) is 5.75 Å².